The molecule has 0 aliphatic rings. The number of halogens is 1. The second-order valence-electron chi connectivity index (χ2n) is 8.35. The first-order valence-electron chi connectivity index (χ1n) is 11.1. The van der Waals surface area contributed by atoms with Crippen LogP contribution in [-0.2, 0) is 16.8 Å². The minimum absolute atomic E-state index is 0.00474. The van der Waals surface area contributed by atoms with Crippen LogP contribution in [0.1, 0.15) is 35.6 Å². The van der Waals surface area contributed by atoms with Gasteiger partial charge >= 0.3 is 0 Å². The molecular weight excluding hydrogens is 449 g/mol. The first kappa shape index (κ1) is 24.1. The summed E-state index contributed by atoms with van der Waals surface area (Å²) in [5.41, 5.74) is 2.33. The number of fused-ring (bicyclic) bond motifs is 1. The van der Waals surface area contributed by atoms with Gasteiger partial charge in [-0.1, -0.05) is 18.2 Å². The Hall–Kier alpha value is -4.05. The maximum absolute atomic E-state index is 14.3. The van der Waals surface area contributed by atoms with E-state index in [1.165, 1.54) is 13.4 Å². The van der Waals surface area contributed by atoms with E-state index >= 15 is 0 Å². The first-order chi connectivity index (χ1) is 16.8. The van der Waals surface area contributed by atoms with Crippen molar-refractivity contribution in [1.82, 2.24) is 30.2 Å². The molecule has 4 aromatic rings. The van der Waals surface area contributed by atoms with Gasteiger partial charge in [0.15, 0.2) is 11.6 Å². The smallest absolute Gasteiger partial charge is 0.254 e. The maximum Gasteiger partial charge on any atom is 0.254 e. The van der Waals surface area contributed by atoms with E-state index in [0.717, 1.165) is 17.3 Å². The fourth-order valence-electron chi connectivity index (χ4n) is 3.62. The van der Waals surface area contributed by atoms with Crippen molar-refractivity contribution in [3.05, 3.63) is 72.0 Å². The fourth-order valence-corrected chi connectivity index (χ4v) is 3.62. The topological polar surface area (TPSA) is 115 Å². The van der Waals surface area contributed by atoms with Crippen molar-refractivity contribution < 1.29 is 13.9 Å². The summed E-state index contributed by atoms with van der Waals surface area (Å²) in [7, 11) is 3.09. The number of amides is 1. The Morgan fingerprint density at radius 2 is 1.86 bits per heavy atom. The summed E-state index contributed by atoms with van der Waals surface area (Å²) >= 11 is 0. The number of methoxy groups -OCH3 is 1. The van der Waals surface area contributed by atoms with Gasteiger partial charge in [0.1, 0.15) is 17.7 Å². The summed E-state index contributed by atoms with van der Waals surface area (Å²) in [5.74, 6) is 0.0887. The van der Waals surface area contributed by atoms with Gasteiger partial charge in [0.25, 0.3) is 5.91 Å². The summed E-state index contributed by atoms with van der Waals surface area (Å²) in [6.45, 7) is 4.34. The normalized spacial score (nSPS) is 11.5. The summed E-state index contributed by atoms with van der Waals surface area (Å²) in [5, 5.41) is 6.24. The van der Waals surface area contributed by atoms with Crippen molar-refractivity contribution in [3.8, 4) is 11.3 Å². The van der Waals surface area contributed by atoms with Gasteiger partial charge in [0, 0.05) is 50.1 Å². The number of nitrogens with zero attached hydrogens (tertiary/aromatic N) is 5. The van der Waals surface area contributed by atoms with Gasteiger partial charge < -0.3 is 15.4 Å². The minimum Gasteiger partial charge on any atom is -0.371 e. The molecule has 0 saturated carbocycles. The average Bonchev–Trinajstić information content (AvgIpc) is 2.88. The molecule has 0 aliphatic heterocycles. The van der Waals surface area contributed by atoms with Crippen molar-refractivity contribution in [2.45, 2.75) is 25.9 Å². The molecule has 0 aliphatic carbocycles. The average molecular weight is 476 g/mol. The van der Waals surface area contributed by atoms with Gasteiger partial charge in [-0.15, -0.1) is 0 Å². The number of hydrogen-bond donors (Lipinski definition) is 2. The molecule has 0 atom stereocenters. The van der Waals surface area contributed by atoms with Crippen molar-refractivity contribution >= 4 is 22.6 Å². The second-order valence-corrected chi connectivity index (χ2v) is 8.35. The highest BCUT2D eigenvalue weighted by molar-refractivity contribution is 6.06. The Morgan fingerprint density at radius 3 is 2.57 bits per heavy atom. The van der Waals surface area contributed by atoms with E-state index in [0.29, 0.717) is 41.2 Å². The molecular formula is C25H26FN7O2. The van der Waals surface area contributed by atoms with E-state index in [4.69, 9.17) is 4.74 Å². The van der Waals surface area contributed by atoms with Crippen LogP contribution >= 0.6 is 0 Å². The van der Waals surface area contributed by atoms with Crippen LogP contribution in [0.4, 0.5) is 10.2 Å². The van der Waals surface area contributed by atoms with Crippen molar-refractivity contribution in [3.63, 3.8) is 0 Å². The number of hydrogen-bond acceptors (Lipinski definition) is 8. The molecule has 9 nitrogen and oxygen atoms in total. The Bertz CT molecular complexity index is 1360. The lowest BCUT2D eigenvalue weighted by molar-refractivity contribution is 0.0115. The zero-order chi connectivity index (χ0) is 25.0. The summed E-state index contributed by atoms with van der Waals surface area (Å²) in [4.78, 5) is 33.8. The lowest BCUT2D eigenvalue weighted by Gasteiger charge is -2.20. The van der Waals surface area contributed by atoms with Gasteiger partial charge in [-0.25, -0.2) is 24.3 Å². The third-order valence-electron chi connectivity index (χ3n) is 5.75. The molecule has 0 fully saturated rings. The lowest BCUT2D eigenvalue weighted by atomic mass is 10.0. The minimum atomic E-state index is -0.650. The molecule has 180 valence electrons. The number of ether oxygens (including phenoxy) is 1. The van der Waals surface area contributed by atoms with Crippen LogP contribution in [0.2, 0.25) is 0 Å². The van der Waals surface area contributed by atoms with E-state index < -0.39 is 17.3 Å². The third kappa shape index (κ3) is 5.07. The monoisotopic (exact) mass is 475 g/mol. The number of rotatable bonds is 8. The molecule has 0 radical (unpaired) electrons. The predicted molar refractivity (Wildman–Crippen MR) is 130 cm³/mol. The van der Waals surface area contributed by atoms with Crippen LogP contribution in [0.15, 0.2) is 49.2 Å². The highest BCUT2D eigenvalue weighted by atomic mass is 19.1. The third-order valence-corrected chi connectivity index (χ3v) is 5.75. The van der Waals surface area contributed by atoms with Crippen LogP contribution in [-0.4, -0.2) is 51.5 Å². The number of anilines is 1. The molecule has 0 bridgehead atoms. The van der Waals surface area contributed by atoms with Crippen LogP contribution in [0.25, 0.3) is 22.2 Å². The quantitative estimate of drug-likeness (QED) is 0.398. The number of benzene rings is 1. The molecule has 10 heteroatoms. The first-order valence-corrected chi connectivity index (χ1v) is 11.1. The number of carbonyl (C=O) groups is 1. The Labute approximate surface area is 202 Å². The standard InChI is InChI=1S/C25H26FN7O2/c1-25(2,35-4)24-30-11-16(12-31-24)19-10-20(33-14-32-19)28-9-8-15-6-5-7-17-21(23(34)27-3)18(26)13-29-22(15)17/h5-7,10-14H,8-9H2,1-4H3,(H,27,34)(H,28,32,33). The molecule has 1 amide bonds. The fraction of sp³-hybridized carbons (Fsp3) is 0.280. The molecule has 3 aromatic heterocycles. The van der Waals surface area contributed by atoms with Crippen LogP contribution in [0, 0.1) is 5.82 Å². The largest absolute Gasteiger partial charge is 0.371 e. The van der Waals surface area contributed by atoms with E-state index in [2.05, 4.69) is 35.6 Å². The zero-order valence-corrected chi connectivity index (χ0v) is 20.0. The van der Waals surface area contributed by atoms with Crippen molar-refractivity contribution in [2.24, 2.45) is 0 Å². The molecule has 35 heavy (non-hydrogen) atoms. The SMILES string of the molecule is CNC(=O)c1c(F)cnc2c(CCNc3cc(-c4cnc(C(C)(C)OC)nc4)ncn3)cccc12. The van der Waals surface area contributed by atoms with E-state index in [1.54, 1.807) is 31.6 Å². The molecule has 2 N–H and O–H groups in total. The Kier molecular flexibility index (Phi) is 6.92. The van der Waals surface area contributed by atoms with Crippen molar-refractivity contribution in [1.29, 1.82) is 0 Å². The number of nitrogens with one attached hydrogen (secondary N) is 2. The Balaban J connectivity index is 1.49. The van der Waals surface area contributed by atoms with Gasteiger partial charge in [0.2, 0.25) is 0 Å². The zero-order valence-electron chi connectivity index (χ0n) is 20.0. The van der Waals surface area contributed by atoms with Gasteiger partial charge in [-0.2, -0.15) is 0 Å². The lowest BCUT2D eigenvalue weighted by Crippen LogP contribution is -2.22. The van der Waals surface area contributed by atoms with E-state index in [1.807, 2.05) is 26.0 Å². The summed E-state index contributed by atoms with van der Waals surface area (Å²) in [6.07, 6.45) is 6.57. The van der Waals surface area contributed by atoms with Crippen molar-refractivity contribution in [2.75, 3.05) is 26.0 Å². The van der Waals surface area contributed by atoms with Gasteiger partial charge in [-0.05, 0) is 25.8 Å². The van der Waals surface area contributed by atoms with E-state index in [9.17, 15) is 9.18 Å². The van der Waals surface area contributed by atoms with Gasteiger partial charge in [-0.3, -0.25) is 9.78 Å². The molecule has 0 unspecified atom stereocenters. The second kappa shape index (κ2) is 10.1. The highest BCUT2D eigenvalue weighted by Gasteiger charge is 2.23. The molecule has 0 spiro atoms. The molecule has 3 heterocycles. The maximum atomic E-state index is 14.3. The molecule has 1 aromatic carbocycles. The molecule has 0 saturated heterocycles. The van der Waals surface area contributed by atoms with Gasteiger partial charge in [0.05, 0.1) is 23.0 Å². The van der Waals surface area contributed by atoms with Crippen LogP contribution < -0.4 is 10.6 Å². The number of carbonyl (C=O) groups excluding carboxylic acids is 1. The summed E-state index contributed by atoms with van der Waals surface area (Å²) < 4.78 is 19.7. The number of para-hydroxylation sites is 1. The molecule has 4 rings (SSSR count). The highest BCUT2D eigenvalue weighted by Crippen LogP contribution is 2.24. The Morgan fingerprint density at radius 1 is 1.09 bits per heavy atom. The number of aromatic nitrogens is 5. The summed E-state index contributed by atoms with van der Waals surface area (Å²) in [6, 6.07) is 7.22. The van der Waals surface area contributed by atoms with Crippen LogP contribution in [0.5, 0.6) is 0 Å². The van der Waals surface area contributed by atoms with E-state index in [-0.39, 0.29) is 5.56 Å². The van der Waals surface area contributed by atoms with Crippen LogP contribution in [0.3, 0.4) is 0 Å². The predicted octanol–water partition coefficient (Wildman–Crippen LogP) is 3.52. The number of pyridine rings is 1.